The van der Waals surface area contributed by atoms with Crippen LogP contribution in [0.4, 0.5) is 5.95 Å². The van der Waals surface area contributed by atoms with Crippen molar-refractivity contribution < 1.29 is 0 Å². The molecule has 3 rings (SSSR count). The number of hydrogen-bond acceptors (Lipinski definition) is 5. The van der Waals surface area contributed by atoms with E-state index in [-0.39, 0.29) is 11.5 Å². The van der Waals surface area contributed by atoms with Crippen LogP contribution in [-0.2, 0) is 0 Å². The van der Waals surface area contributed by atoms with Gasteiger partial charge >= 0.3 is 0 Å². The third kappa shape index (κ3) is 3.87. The molecular weight excluding hydrogens is 394 g/mol. The molecule has 0 aliphatic heterocycles. The molecule has 26 heavy (non-hydrogen) atoms. The predicted molar refractivity (Wildman–Crippen MR) is 105 cm³/mol. The molecule has 0 bridgehead atoms. The van der Waals surface area contributed by atoms with Gasteiger partial charge in [0, 0.05) is 10.0 Å². The van der Waals surface area contributed by atoms with Crippen molar-refractivity contribution in [2.75, 3.05) is 5.43 Å². The Bertz CT molecular complexity index is 1070. The lowest BCUT2D eigenvalue weighted by molar-refractivity contribution is 1.08. The van der Waals surface area contributed by atoms with Crippen molar-refractivity contribution in [2.45, 2.75) is 6.92 Å². The topological polar surface area (TPSA) is 93.9 Å². The van der Waals surface area contributed by atoms with Crippen molar-refractivity contribution in [1.29, 1.82) is 5.26 Å². The van der Waals surface area contributed by atoms with E-state index in [9.17, 15) is 10.1 Å². The van der Waals surface area contributed by atoms with E-state index in [1.807, 2.05) is 49.4 Å². The number of aromatic amines is 1. The Morgan fingerprint density at radius 1 is 1.27 bits per heavy atom. The van der Waals surface area contributed by atoms with Crippen LogP contribution in [0.25, 0.3) is 11.3 Å². The molecule has 1 aromatic heterocycles. The van der Waals surface area contributed by atoms with Crippen LogP contribution >= 0.6 is 15.9 Å². The molecule has 0 fully saturated rings. The fourth-order valence-corrected chi connectivity index (χ4v) is 2.60. The highest BCUT2D eigenvalue weighted by atomic mass is 79.9. The zero-order valence-corrected chi connectivity index (χ0v) is 15.4. The summed E-state index contributed by atoms with van der Waals surface area (Å²) in [6.07, 6.45) is 1.62. The first-order valence-electron chi connectivity index (χ1n) is 7.73. The summed E-state index contributed by atoms with van der Waals surface area (Å²) >= 11 is 3.45. The largest absolute Gasteiger partial charge is 0.290 e. The lowest BCUT2D eigenvalue weighted by Crippen LogP contribution is -2.16. The zero-order chi connectivity index (χ0) is 18.5. The van der Waals surface area contributed by atoms with Gasteiger partial charge in [0.1, 0.15) is 11.6 Å². The molecule has 128 valence electrons. The summed E-state index contributed by atoms with van der Waals surface area (Å²) in [5.41, 5.74) is 5.15. The first-order valence-corrected chi connectivity index (χ1v) is 8.53. The number of hydrazone groups is 1. The summed E-state index contributed by atoms with van der Waals surface area (Å²) in [5, 5.41) is 13.4. The number of H-pyrrole nitrogens is 1. The minimum absolute atomic E-state index is 0.0331. The van der Waals surface area contributed by atoms with Crippen LogP contribution < -0.4 is 11.0 Å². The number of aromatic nitrogens is 2. The normalized spacial score (nSPS) is 10.7. The van der Waals surface area contributed by atoms with Crippen molar-refractivity contribution in [3.05, 3.63) is 80.0 Å². The molecule has 0 unspecified atom stereocenters. The second kappa shape index (κ2) is 7.76. The van der Waals surface area contributed by atoms with E-state index in [1.54, 1.807) is 18.3 Å². The van der Waals surface area contributed by atoms with E-state index in [1.165, 1.54) is 0 Å². The maximum Gasteiger partial charge on any atom is 0.270 e. The van der Waals surface area contributed by atoms with E-state index >= 15 is 0 Å². The number of nitrogens with one attached hydrogen (secondary N) is 2. The monoisotopic (exact) mass is 407 g/mol. The average molecular weight is 408 g/mol. The molecule has 7 heteroatoms. The Kier molecular flexibility index (Phi) is 5.25. The van der Waals surface area contributed by atoms with Crippen LogP contribution in [0.15, 0.2) is 62.9 Å². The van der Waals surface area contributed by atoms with Gasteiger partial charge in [-0.3, -0.25) is 9.78 Å². The van der Waals surface area contributed by atoms with Crippen LogP contribution in [0.1, 0.15) is 16.7 Å². The van der Waals surface area contributed by atoms with Crippen molar-refractivity contribution in [2.24, 2.45) is 5.10 Å². The van der Waals surface area contributed by atoms with Crippen LogP contribution in [0.3, 0.4) is 0 Å². The fraction of sp³-hybridized carbons (Fsp3) is 0.0526. The van der Waals surface area contributed by atoms with Crippen molar-refractivity contribution in [3.8, 4) is 17.3 Å². The van der Waals surface area contributed by atoms with Gasteiger partial charge in [-0.05, 0) is 30.2 Å². The summed E-state index contributed by atoms with van der Waals surface area (Å²) in [7, 11) is 0. The molecule has 0 radical (unpaired) electrons. The first-order chi connectivity index (χ1) is 12.6. The summed E-state index contributed by atoms with van der Waals surface area (Å²) in [4.78, 5) is 19.0. The molecule has 6 nitrogen and oxygen atoms in total. The SMILES string of the molecule is Cc1cc(C=NNc2nc(-c3ccccc3)c(C#N)c(=O)[nH]2)ccc1Br. The first kappa shape index (κ1) is 17.6. The number of aryl methyl sites for hydroxylation is 1. The third-order valence-corrected chi connectivity index (χ3v) is 4.53. The van der Waals surface area contributed by atoms with Crippen LogP contribution in [0.5, 0.6) is 0 Å². The minimum atomic E-state index is -0.515. The Morgan fingerprint density at radius 3 is 2.73 bits per heavy atom. The Morgan fingerprint density at radius 2 is 2.04 bits per heavy atom. The summed E-state index contributed by atoms with van der Waals surface area (Å²) in [6.45, 7) is 1.99. The number of hydrogen-bond donors (Lipinski definition) is 2. The molecule has 0 aliphatic rings. The quantitative estimate of drug-likeness (QED) is 0.507. The molecular formula is C19H14BrN5O. The highest BCUT2D eigenvalue weighted by Crippen LogP contribution is 2.19. The van der Waals surface area contributed by atoms with E-state index in [0.717, 1.165) is 15.6 Å². The maximum atomic E-state index is 12.2. The third-order valence-electron chi connectivity index (χ3n) is 3.64. The van der Waals surface area contributed by atoms with Crippen molar-refractivity contribution in [1.82, 2.24) is 9.97 Å². The molecule has 3 aromatic rings. The van der Waals surface area contributed by atoms with Gasteiger partial charge in [-0.2, -0.15) is 10.4 Å². The second-order valence-corrected chi connectivity index (χ2v) is 6.35. The maximum absolute atomic E-state index is 12.2. The van der Waals surface area contributed by atoms with Gasteiger partial charge < -0.3 is 0 Å². The van der Waals surface area contributed by atoms with Crippen molar-refractivity contribution >= 4 is 28.1 Å². The van der Waals surface area contributed by atoms with Gasteiger partial charge in [0.25, 0.3) is 5.56 Å². The second-order valence-electron chi connectivity index (χ2n) is 5.49. The van der Waals surface area contributed by atoms with Gasteiger partial charge in [0.2, 0.25) is 5.95 Å². The molecule has 0 spiro atoms. The van der Waals surface area contributed by atoms with E-state index < -0.39 is 5.56 Å². The number of nitrogens with zero attached hydrogens (tertiary/aromatic N) is 3. The summed E-state index contributed by atoms with van der Waals surface area (Å²) in [5.74, 6) is 0.165. The van der Waals surface area contributed by atoms with Gasteiger partial charge in [-0.25, -0.2) is 10.4 Å². The fourth-order valence-electron chi connectivity index (χ4n) is 2.35. The Labute approximate surface area is 158 Å². The number of halogens is 1. The number of anilines is 1. The van der Waals surface area contributed by atoms with E-state index in [4.69, 9.17) is 0 Å². The molecule has 2 aromatic carbocycles. The number of rotatable bonds is 4. The van der Waals surface area contributed by atoms with Gasteiger partial charge in [0.15, 0.2) is 0 Å². The number of benzene rings is 2. The molecule has 0 saturated heterocycles. The minimum Gasteiger partial charge on any atom is -0.290 e. The molecule has 1 heterocycles. The Balaban J connectivity index is 1.90. The van der Waals surface area contributed by atoms with Crippen molar-refractivity contribution in [3.63, 3.8) is 0 Å². The molecule has 0 amide bonds. The predicted octanol–water partition coefficient (Wildman–Crippen LogP) is 3.83. The highest BCUT2D eigenvalue weighted by Gasteiger charge is 2.12. The standard InChI is InChI=1S/C19H14BrN5O/c1-12-9-13(7-8-16(12)20)11-22-25-19-23-17(14-5-3-2-4-6-14)15(10-21)18(26)24-19/h2-9,11H,1H3,(H2,23,24,25,26). The van der Waals surface area contributed by atoms with Gasteiger partial charge in [-0.15, -0.1) is 0 Å². The number of nitriles is 1. The molecule has 0 atom stereocenters. The van der Waals surface area contributed by atoms with Gasteiger partial charge in [0.05, 0.1) is 11.9 Å². The van der Waals surface area contributed by atoms with Crippen LogP contribution in [-0.4, -0.2) is 16.2 Å². The lowest BCUT2D eigenvalue weighted by atomic mass is 10.1. The molecule has 0 saturated carbocycles. The summed E-state index contributed by atoms with van der Waals surface area (Å²) in [6, 6.07) is 16.8. The zero-order valence-electron chi connectivity index (χ0n) is 13.8. The van der Waals surface area contributed by atoms with Gasteiger partial charge in [-0.1, -0.05) is 52.3 Å². The lowest BCUT2D eigenvalue weighted by Gasteiger charge is -2.06. The van der Waals surface area contributed by atoms with Crippen LogP contribution in [0.2, 0.25) is 0 Å². The highest BCUT2D eigenvalue weighted by molar-refractivity contribution is 9.10. The van der Waals surface area contributed by atoms with E-state index in [2.05, 4.69) is 36.4 Å². The average Bonchev–Trinajstić information content (AvgIpc) is 2.65. The van der Waals surface area contributed by atoms with Crippen LogP contribution in [0, 0.1) is 18.3 Å². The Hall–Kier alpha value is -3.24. The molecule has 0 aliphatic carbocycles. The molecule has 2 N–H and O–H groups in total. The van der Waals surface area contributed by atoms with E-state index in [0.29, 0.717) is 11.3 Å². The summed E-state index contributed by atoms with van der Waals surface area (Å²) < 4.78 is 1.02. The smallest absolute Gasteiger partial charge is 0.270 e.